The lowest BCUT2D eigenvalue weighted by Gasteiger charge is -2.16. The van der Waals surface area contributed by atoms with Crippen molar-refractivity contribution in [3.05, 3.63) is 66.2 Å². The average molecular weight is 344 g/mol. The van der Waals surface area contributed by atoms with E-state index in [1.54, 1.807) is 0 Å². The summed E-state index contributed by atoms with van der Waals surface area (Å²) in [4.78, 5) is 0. The summed E-state index contributed by atoms with van der Waals surface area (Å²) in [5.41, 5.74) is 12.1. The van der Waals surface area contributed by atoms with Gasteiger partial charge in [0.1, 0.15) is 11.9 Å². The zero-order valence-corrected chi connectivity index (χ0v) is 15.3. The first-order valence-corrected chi connectivity index (χ1v) is 9.03. The van der Waals surface area contributed by atoms with Crippen LogP contribution >= 0.6 is 0 Å². The summed E-state index contributed by atoms with van der Waals surface area (Å²) < 4.78 is 11.1. The van der Waals surface area contributed by atoms with Gasteiger partial charge in [0.2, 0.25) is 0 Å². The summed E-state index contributed by atoms with van der Waals surface area (Å²) in [5, 5.41) is 0. The van der Waals surface area contributed by atoms with E-state index >= 15 is 0 Å². The van der Waals surface area contributed by atoms with Crippen molar-refractivity contribution in [1.82, 2.24) is 0 Å². The number of hydrogen-bond acceptors (Lipinski definition) is 4. The molecule has 4 N–H and O–H groups in total. The molecule has 25 heavy (non-hydrogen) atoms. The highest BCUT2D eigenvalue weighted by atomic mass is 16.5. The van der Waals surface area contributed by atoms with E-state index in [1.807, 2.05) is 48.5 Å². The van der Waals surface area contributed by atoms with Crippen LogP contribution in [0.15, 0.2) is 60.7 Å². The number of ether oxygens (including phenoxy) is 2. The van der Waals surface area contributed by atoms with Crippen LogP contribution in [0.25, 0.3) is 0 Å². The molecule has 0 spiro atoms. The van der Waals surface area contributed by atoms with Crippen molar-refractivity contribution in [2.45, 2.75) is 38.9 Å². The Morgan fingerprint density at radius 1 is 0.920 bits per heavy atom. The van der Waals surface area contributed by atoms with Gasteiger partial charge in [0.25, 0.3) is 0 Å². The average Bonchev–Trinajstić information content (AvgIpc) is 2.67. The molecule has 0 aliphatic rings. The van der Waals surface area contributed by atoms with E-state index in [0.29, 0.717) is 19.7 Å². The molecular weight excluding hydrogens is 312 g/mol. The lowest BCUT2D eigenvalue weighted by Crippen LogP contribution is -2.26. The molecule has 0 heterocycles. The molecule has 2 aromatic carbocycles. The molecule has 2 rings (SSSR count). The molecule has 0 fully saturated rings. The van der Waals surface area contributed by atoms with Gasteiger partial charge < -0.3 is 20.9 Å². The van der Waals surface area contributed by atoms with Gasteiger partial charge in [-0.3, -0.25) is 0 Å². The number of benzene rings is 2. The Morgan fingerprint density at radius 3 is 2.12 bits per heavy atom. The van der Waals surface area contributed by atoms with E-state index in [-0.39, 0.29) is 6.10 Å². The minimum absolute atomic E-state index is 0.160. The lowest BCUT2D eigenvalue weighted by atomic mass is 10.2. The highest BCUT2D eigenvalue weighted by Crippen LogP contribution is 2.12. The number of nitrogens with two attached hydrogens (primary N) is 2. The Labute approximate surface area is 152 Å². The van der Waals surface area contributed by atoms with E-state index in [1.165, 1.54) is 5.56 Å². The molecule has 2 aromatic rings. The number of para-hydroxylation sites is 1. The van der Waals surface area contributed by atoms with Crippen LogP contribution < -0.4 is 16.2 Å². The van der Waals surface area contributed by atoms with Crippen LogP contribution in [0, 0.1) is 0 Å². The van der Waals surface area contributed by atoms with Crippen molar-refractivity contribution in [3.63, 3.8) is 0 Å². The molecule has 0 saturated heterocycles. The Balaban J connectivity index is 0.000000251. The van der Waals surface area contributed by atoms with Crippen LogP contribution in [-0.2, 0) is 11.3 Å². The first kappa shape index (κ1) is 21.2. The van der Waals surface area contributed by atoms with Crippen molar-refractivity contribution in [2.24, 2.45) is 11.5 Å². The summed E-state index contributed by atoms with van der Waals surface area (Å²) in [6, 6.07) is 20.0. The van der Waals surface area contributed by atoms with Crippen LogP contribution in [0.4, 0.5) is 0 Å². The third-order valence-corrected chi connectivity index (χ3v) is 3.52. The third kappa shape index (κ3) is 10.6. The fourth-order valence-corrected chi connectivity index (χ4v) is 2.19. The molecule has 1 unspecified atom stereocenters. The van der Waals surface area contributed by atoms with E-state index in [2.05, 4.69) is 19.1 Å². The van der Waals surface area contributed by atoms with Crippen LogP contribution in [0.1, 0.15) is 31.7 Å². The smallest absolute Gasteiger partial charge is 0.119 e. The van der Waals surface area contributed by atoms with Crippen LogP contribution in [0.2, 0.25) is 0 Å². The zero-order chi connectivity index (χ0) is 18.2. The monoisotopic (exact) mass is 344 g/mol. The maximum atomic E-state index is 5.68. The minimum Gasteiger partial charge on any atom is -0.489 e. The number of rotatable bonds is 10. The molecule has 0 radical (unpaired) electrons. The first-order valence-electron chi connectivity index (χ1n) is 9.03. The van der Waals surface area contributed by atoms with Gasteiger partial charge in [-0.1, -0.05) is 61.9 Å². The Kier molecular flexibility index (Phi) is 12.2. The fraction of sp³-hybridized carbons (Fsp3) is 0.429. The summed E-state index contributed by atoms with van der Waals surface area (Å²) in [6.07, 6.45) is 3.22. The Bertz CT molecular complexity index is 520. The molecular formula is C21H32N2O2. The molecule has 0 aliphatic heterocycles. The SMILES string of the molecule is CCCC(CN)Oc1ccccc1.NCCCOCc1ccccc1. The Morgan fingerprint density at radius 2 is 1.56 bits per heavy atom. The highest BCUT2D eigenvalue weighted by Gasteiger charge is 2.05. The lowest BCUT2D eigenvalue weighted by molar-refractivity contribution is 0.120. The minimum atomic E-state index is 0.160. The van der Waals surface area contributed by atoms with Crippen LogP contribution in [0.3, 0.4) is 0 Å². The highest BCUT2D eigenvalue weighted by molar-refractivity contribution is 5.21. The predicted octanol–water partition coefficient (Wildman–Crippen LogP) is 3.74. The second kappa shape index (κ2) is 14.5. The molecule has 0 saturated carbocycles. The maximum absolute atomic E-state index is 5.68. The fourth-order valence-electron chi connectivity index (χ4n) is 2.19. The maximum Gasteiger partial charge on any atom is 0.119 e. The predicted molar refractivity (Wildman–Crippen MR) is 105 cm³/mol. The molecule has 0 bridgehead atoms. The molecule has 4 nitrogen and oxygen atoms in total. The van der Waals surface area contributed by atoms with Gasteiger partial charge in [-0.05, 0) is 37.1 Å². The molecule has 0 amide bonds. The van der Waals surface area contributed by atoms with Crippen LogP contribution in [-0.4, -0.2) is 25.8 Å². The summed E-state index contributed by atoms with van der Waals surface area (Å²) in [7, 11) is 0. The normalized spacial score (nSPS) is 11.3. The van der Waals surface area contributed by atoms with Gasteiger partial charge in [0.15, 0.2) is 0 Å². The molecule has 4 heteroatoms. The first-order chi connectivity index (χ1) is 12.3. The van der Waals surface area contributed by atoms with E-state index in [0.717, 1.165) is 31.6 Å². The van der Waals surface area contributed by atoms with Crippen LogP contribution in [0.5, 0.6) is 5.75 Å². The van der Waals surface area contributed by atoms with Gasteiger partial charge in [-0.15, -0.1) is 0 Å². The standard InChI is InChI=1S/C11H17NO.C10H15NO/c1-2-6-11(9-12)13-10-7-4-3-5-8-10;11-7-4-8-12-9-10-5-2-1-3-6-10/h3-5,7-8,11H,2,6,9,12H2,1H3;1-3,5-6H,4,7-9,11H2. The van der Waals surface area contributed by atoms with E-state index in [9.17, 15) is 0 Å². The molecule has 138 valence electrons. The van der Waals surface area contributed by atoms with Gasteiger partial charge in [0, 0.05) is 13.2 Å². The largest absolute Gasteiger partial charge is 0.489 e. The molecule has 1 atom stereocenters. The van der Waals surface area contributed by atoms with Gasteiger partial charge in [-0.25, -0.2) is 0 Å². The second-order valence-electron chi connectivity index (χ2n) is 5.76. The van der Waals surface area contributed by atoms with Crippen molar-refractivity contribution < 1.29 is 9.47 Å². The molecule has 0 aliphatic carbocycles. The van der Waals surface area contributed by atoms with E-state index in [4.69, 9.17) is 20.9 Å². The third-order valence-electron chi connectivity index (χ3n) is 3.52. The number of hydrogen-bond donors (Lipinski definition) is 2. The summed E-state index contributed by atoms with van der Waals surface area (Å²) >= 11 is 0. The van der Waals surface area contributed by atoms with Gasteiger partial charge >= 0.3 is 0 Å². The van der Waals surface area contributed by atoms with Crippen molar-refractivity contribution in [1.29, 1.82) is 0 Å². The second-order valence-corrected chi connectivity index (χ2v) is 5.76. The Hall–Kier alpha value is -1.88. The van der Waals surface area contributed by atoms with Crippen molar-refractivity contribution in [3.8, 4) is 5.75 Å². The summed E-state index contributed by atoms with van der Waals surface area (Å²) in [6.45, 7) is 4.88. The molecule has 0 aromatic heterocycles. The van der Waals surface area contributed by atoms with Crippen molar-refractivity contribution in [2.75, 3.05) is 19.7 Å². The van der Waals surface area contributed by atoms with Gasteiger partial charge in [-0.2, -0.15) is 0 Å². The summed E-state index contributed by atoms with van der Waals surface area (Å²) in [5.74, 6) is 0.909. The van der Waals surface area contributed by atoms with Gasteiger partial charge in [0.05, 0.1) is 6.61 Å². The zero-order valence-electron chi connectivity index (χ0n) is 15.3. The van der Waals surface area contributed by atoms with Crippen molar-refractivity contribution >= 4 is 0 Å². The topological polar surface area (TPSA) is 70.5 Å². The quantitative estimate of drug-likeness (QED) is 0.644. The van der Waals surface area contributed by atoms with E-state index < -0.39 is 0 Å².